The molecule has 1 amide bonds. The fourth-order valence-electron chi connectivity index (χ4n) is 2.21. The van der Waals surface area contributed by atoms with Crippen molar-refractivity contribution in [3.63, 3.8) is 0 Å². The Morgan fingerprint density at radius 2 is 2.00 bits per heavy atom. The Labute approximate surface area is 111 Å². The fraction of sp³-hybridized carbons (Fsp3) is 0.917. The number of nitrogens with one attached hydrogen (secondary N) is 2. The van der Waals surface area contributed by atoms with Gasteiger partial charge in [0.15, 0.2) is 0 Å². The first kappa shape index (κ1) is 16.2. The summed E-state index contributed by atoms with van der Waals surface area (Å²) in [6.07, 6.45) is -2.93. The minimum Gasteiger partial charge on any atom is -0.384 e. The van der Waals surface area contributed by atoms with Gasteiger partial charge in [-0.3, -0.25) is 4.79 Å². The first-order chi connectivity index (χ1) is 8.81. The van der Waals surface area contributed by atoms with Crippen LogP contribution < -0.4 is 10.6 Å². The predicted molar refractivity (Wildman–Crippen MR) is 64.6 cm³/mol. The molecule has 2 N–H and O–H groups in total. The summed E-state index contributed by atoms with van der Waals surface area (Å²) in [5, 5.41) is 5.60. The minimum atomic E-state index is -4.49. The van der Waals surface area contributed by atoms with E-state index in [2.05, 4.69) is 10.6 Å². The third-order valence-electron chi connectivity index (χ3n) is 3.64. The Hall–Kier alpha value is -0.820. The molecule has 1 rings (SSSR count). The van der Waals surface area contributed by atoms with Gasteiger partial charge in [0.2, 0.25) is 5.91 Å². The maximum absolute atomic E-state index is 12.4. The third-order valence-corrected chi connectivity index (χ3v) is 3.64. The highest BCUT2D eigenvalue weighted by atomic mass is 19.4. The molecule has 19 heavy (non-hydrogen) atoms. The fourth-order valence-corrected chi connectivity index (χ4v) is 2.21. The summed E-state index contributed by atoms with van der Waals surface area (Å²) in [4.78, 5) is 11.5. The maximum Gasteiger partial charge on any atom is 0.400 e. The zero-order chi connectivity index (χ0) is 14.5. The van der Waals surface area contributed by atoms with E-state index in [1.807, 2.05) is 0 Å². The van der Waals surface area contributed by atoms with Crippen LogP contribution in [-0.4, -0.2) is 45.4 Å². The van der Waals surface area contributed by atoms with Gasteiger partial charge in [0.1, 0.15) is 5.92 Å². The van der Waals surface area contributed by atoms with Gasteiger partial charge >= 0.3 is 6.18 Å². The van der Waals surface area contributed by atoms with E-state index in [0.717, 1.165) is 32.9 Å². The third kappa shape index (κ3) is 4.65. The second-order valence-electron chi connectivity index (χ2n) is 5.16. The summed E-state index contributed by atoms with van der Waals surface area (Å²) in [6.45, 7) is 3.11. The molecule has 4 nitrogen and oxygen atoms in total. The van der Waals surface area contributed by atoms with Gasteiger partial charge in [0.25, 0.3) is 0 Å². The summed E-state index contributed by atoms with van der Waals surface area (Å²) in [5.41, 5.74) is -0.263. The van der Waals surface area contributed by atoms with Crippen LogP contribution in [0.2, 0.25) is 0 Å². The van der Waals surface area contributed by atoms with E-state index >= 15 is 0 Å². The Balaban J connectivity index is 2.54. The van der Waals surface area contributed by atoms with Crippen LogP contribution in [0, 0.1) is 11.3 Å². The van der Waals surface area contributed by atoms with Crippen LogP contribution in [0.1, 0.15) is 19.8 Å². The van der Waals surface area contributed by atoms with E-state index in [4.69, 9.17) is 4.74 Å². The molecule has 0 bridgehead atoms. The van der Waals surface area contributed by atoms with Gasteiger partial charge in [0, 0.05) is 19.1 Å². The van der Waals surface area contributed by atoms with Gasteiger partial charge in [0.05, 0.1) is 6.61 Å². The SMILES string of the molecule is COCC1(CNC(=O)C(C)C(F)(F)F)CCNCC1. The molecule has 0 aliphatic carbocycles. The summed E-state index contributed by atoms with van der Waals surface area (Å²) < 4.78 is 42.4. The summed E-state index contributed by atoms with van der Waals surface area (Å²) in [6, 6.07) is 0. The van der Waals surface area contributed by atoms with E-state index in [0.29, 0.717) is 6.61 Å². The molecule has 0 saturated carbocycles. The summed E-state index contributed by atoms with van der Waals surface area (Å²) in [5.74, 6) is -2.95. The van der Waals surface area contributed by atoms with Crippen LogP contribution in [-0.2, 0) is 9.53 Å². The van der Waals surface area contributed by atoms with Crippen LogP contribution in [0.25, 0.3) is 0 Å². The van der Waals surface area contributed by atoms with E-state index in [-0.39, 0.29) is 12.0 Å². The molecule has 0 radical (unpaired) electrons. The number of carbonyl (C=O) groups is 1. The number of ether oxygens (including phenoxy) is 1. The zero-order valence-corrected chi connectivity index (χ0v) is 11.3. The molecule has 0 spiro atoms. The van der Waals surface area contributed by atoms with E-state index < -0.39 is 18.0 Å². The number of hydrogen-bond acceptors (Lipinski definition) is 3. The van der Waals surface area contributed by atoms with Crippen LogP contribution in [0.5, 0.6) is 0 Å². The van der Waals surface area contributed by atoms with Crippen molar-refractivity contribution in [2.75, 3.05) is 33.4 Å². The van der Waals surface area contributed by atoms with Gasteiger partial charge in [-0.2, -0.15) is 13.2 Å². The van der Waals surface area contributed by atoms with Gasteiger partial charge in [-0.15, -0.1) is 0 Å². The molecule has 1 aliphatic heterocycles. The summed E-state index contributed by atoms with van der Waals surface area (Å²) in [7, 11) is 1.56. The largest absolute Gasteiger partial charge is 0.400 e. The van der Waals surface area contributed by atoms with Gasteiger partial charge in [-0.1, -0.05) is 0 Å². The molecule has 1 fully saturated rings. The predicted octanol–water partition coefficient (Wildman–Crippen LogP) is 1.32. The zero-order valence-electron chi connectivity index (χ0n) is 11.3. The standard InChI is InChI=1S/C12H21F3N2O2/c1-9(12(13,14)15)10(18)17-7-11(8-19-2)3-5-16-6-4-11/h9,16H,3-8H2,1-2H3,(H,17,18). The lowest BCUT2D eigenvalue weighted by Crippen LogP contribution is -2.49. The Morgan fingerprint density at radius 3 is 2.47 bits per heavy atom. The van der Waals surface area contributed by atoms with Crippen LogP contribution in [0.15, 0.2) is 0 Å². The lowest BCUT2D eigenvalue weighted by atomic mass is 9.79. The van der Waals surface area contributed by atoms with Gasteiger partial charge in [-0.05, 0) is 32.9 Å². The minimum absolute atomic E-state index is 0.224. The molecular weight excluding hydrogens is 261 g/mol. The molecule has 0 aromatic rings. The van der Waals surface area contributed by atoms with Crippen molar-refractivity contribution in [1.29, 1.82) is 0 Å². The van der Waals surface area contributed by atoms with Crippen molar-refractivity contribution in [1.82, 2.24) is 10.6 Å². The Kier molecular flexibility index (Phi) is 5.61. The molecule has 1 heterocycles. The number of rotatable bonds is 5. The normalized spacial score (nSPS) is 20.9. The topological polar surface area (TPSA) is 50.4 Å². The smallest absolute Gasteiger partial charge is 0.384 e. The van der Waals surface area contributed by atoms with E-state index in [9.17, 15) is 18.0 Å². The van der Waals surface area contributed by atoms with E-state index in [1.165, 1.54) is 0 Å². The average molecular weight is 282 g/mol. The number of alkyl halides is 3. The second kappa shape index (κ2) is 6.56. The molecule has 7 heteroatoms. The van der Waals surface area contributed by atoms with Crippen molar-refractivity contribution in [2.45, 2.75) is 25.9 Å². The lowest BCUT2D eigenvalue weighted by molar-refractivity contribution is -0.179. The second-order valence-corrected chi connectivity index (χ2v) is 5.16. The van der Waals surface area contributed by atoms with Crippen LogP contribution in [0.4, 0.5) is 13.2 Å². The van der Waals surface area contributed by atoms with Crippen molar-refractivity contribution in [3.8, 4) is 0 Å². The molecule has 0 aromatic heterocycles. The molecule has 112 valence electrons. The monoisotopic (exact) mass is 282 g/mol. The Morgan fingerprint density at radius 1 is 1.42 bits per heavy atom. The van der Waals surface area contributed by atoms with Gasteiger partial charge < -0.3 is 15.4 Å². The van der Waals surface area contributed by atoms with Crippen molar-refractivity contribution >= 4 is 5.91 Å². The molecule has 1 saturated heterocycles. The number of halogens is 3. The summed E-state index contributed by atoms with van der Waals surface area (Å²) >= 11 is 0. The average Bonchev–Trinajstić information content (AvgIpc) is 2.35. The lowest BCUT2D eigenvalue weighted by Gasteiger charge is -2.37. The first-order valence-corrected chi connectivity index (χ1v) is 6.35. The Bertz CT molecular complexity index is 296. The quantitative estimate of drug-likeness (QED) is 0.799. The highest BCUT2D eigenvalue weighted by Gasteiger charge is 2.42. The highest BCUT2D eigenvalue weighted by molar-refractivity contribution is 5.79. The van der Waals surface area contributed by atoms with Crippen molar-refractivity contribution in [2.24, 2.45) is 11.3 Å². The number of hydrogen-bond donors (Lipinski definition) is 2. The molecule has 1 aliphatic rings. The van der Waals surface area contributed by atoms with Crippen molar-refractivity contribution in [3.05, 3.63) is 0 Å². The van der Waals surface area contributed by atoms with Crippen LogP contribution in [0.3, 0.4) is 0 Å². The van der Waals surface area contributed by atoms with E-state index in [1.54, 1.807) is 7.11 Å². The first-order valence-electron chi connectivity index (χ1n) is 6.35. The molecule has 0 aromatic carbocycles. The number of methoxy groups -OCH3 is 1. The molecule has 1 unspecified atom stereocenters. The van der Waals surface area contributed by atoms with Crippen LogP contribution >= 0.6 is 0 Å². The molecular formula is C12H21F3N2O2. The number of amides is 1. The number of carbonyl (C=O) groups excluding carboxylic acids is 1. The molecule has 1 atom stereocenters. The van der Waals surface area contributed by atoms with Crippen molar-refractivity contribution < 1.29 is 22.7 Å². The number of piperidine rings is 1. The highest BCUT2D eigenvalue weighted by Crippen LogP contribution is 2.29. The maximum atomic E-state index is 12.4. The van der Waals surface area contributed by atoms with Gasteiger partial charge in [-0.25, -0.2) is 0 Å².